The third kappa shape index (κ3) is 3.87. The molecule has 144 valence electrons. The van der Waals surface area contributed by atoms with Gasteiger partial charge in [-0.15, -0.1) is 0 Å². The monoisotopic (exact) mass is 372 g/mol. The highest BCUT2D eigenvalue weighted by atomic mass is 14.9. The standard InChI is InChI=1S/C26H31N2/c1-19-7-5-6-8-23(19)25-17-21(13-16-28(25)4)22-9-10-24(27-18-22)20-11-14-26(2,3)15-12-20/h5-10,13,16-18,20H,11-12,14-15H2,1-4H3/q+1/i20D. The summed E-state index contributed by atoms with van der Waals surface area (Å²) in [5.41, 5.74) is 7.24. The molecule has 0 bridgehead atoms. The largest absolute Gasteiger partial charge is 0.260 e. The highest BCUT2D eigenvalue weighted by molar-refractivity contribution is 5.69. The summed E-state index contributed by atoms with van der Waals surface area (Å²) < 4.78 is 11.1. The molecule has 1 aliphatic rings. The molecule has 1 aromatic carbocycles. The average Bonchev–Trinajstić information content (AvgIpc) is 2.72. The van der Waals surface area contributed by atoms with E-state index in [4.69, 9.17) is 6.35 Å². The fourth-order valence-electron chi connectivity index (χ4n) is 4.14. The first-order valence-electron chi connectivity index (χ1n) is 10.8. The second-order valence-electron chi connectivity index (χ2n) is 8.93. The van der Waals surface area contributed by atoms with Crippen molar-refractivity contribution in [2.24, 2.45) is 12.5 Å². The predicted molar refractivity (Wildman–Crippen MR) is 116 cm³/mol. The number of aryl methyl sites for hydroxylation is 2. The van der Waals surface area contributed by atoms with Crippen LogP contribution in [0.15, 0.2) is 60.9 Å². The smallest absolute Gasteiger partial charge is 0.213 e. The van der Waals surface area contributed by atoms with Crippen molar-refractivity contribution in [2.75, 3.05) is 0 Å². The lowest BCUT2D eigenvalue weighted by molar-refractivity contribution is -0.660. The Bertz CT molecular complexity index is 1010. The average molecular weight is 373 g/mol. The molecule has 0 spiro atoms. The molecule has 2 heteroatoms. The molecule has 1 saturated carbocycles. The summed E-state index contributed by atoms with van der Waals surface area (Å²) in [4.78, 5) is 4.75. The molecule has 0 amide bonds. The second-order valence-corrected chi connectivity index (χ2v) is 8.93. The predicted octanol–water partition coefficient (Wildman–Crippen LogP) is 6.23. The van der Waals surface area contributed by atoms with E-state index in [0.717, 1.165) is 42.5 Å². The Morgan fingerprint density at radius 2 is 1.79 bits per heavy atom. The first kappa shape index (κ1) is 17.6. The molecular weight excluding hydrogens is 340 g/mol. The molecule has 0 radical (unpaired) electrons. The van der Waals surface area contributed by atoms with Gasteiger partial charge in [0.25, 0.3) is 0 Å². The molecule has 0 unspecified atom stereocenters. The fraction of sp³-hybridized carbons (Fsp3) is 0.385. The molecule has 1 aliphatic carbocycles. The van der Waals surface area contributed by atoms with Gasteiger partial charge in [-0.1, -0.05) is 38.1 Å². The summed E-state index contributed by atoms with van der Waals surface area (Å²) in [6.07, 6.45) is 8.03. The van der Waals surface area contributed by atoms with Crippen LogP contribution >= 0.6 is 0 Å². The van der Waals surface area contributed by atoms with Gasteiger partial charge >= 0.3 is 0 Å². The highest BCUT2D eigenvalue weighted by Gasteiger charge is 2.28. The molecular formula is C26H31N2+. The maximum Gasteiger partial charge on any atom is 0.213 e. The lowest BCUT2D eigenvalue weighted by atomic mass is 9.72. The molecule has 4 rings (SSSR count). The molecule has 28 heavy (non-hydrogen) atoms. The summed E-state index contributed by atoms with van der Waals surface area (Å²) in [5, 5.41) is 0. The molecule has 0 aliphatic heterocycles. The van der Waals surface area contributed by atoms with Crippen molar-refractivity contribution < 1.29 is 5.94 Å². The molecule has 3 aromatic rings. The molecule has 2 heterocycles. The van der Waals surface area contributed by atoms with E-state index in [1.54, 1.807) is 0 Å². The van der Waals surface area contributed by atoms with Gasteiger partial charge in [0.1, 0.15) is 7.05 Å². The minimum absolute atomic E-state index is 0.357. The first-order valence-corrected chi connectivity index (χ1v) is 10.3. The Kier molecular flexibility index (Phi) is 4.72. The maximum absolute atomic E-state index is 8.95. The Morgan fingerprint density at radius 1 is 1.04 bits per heavy atom. The zero-order valence-corrected chi connectivity index (χ0v) is 17.5. The van der Waals surface area contributed by atoms with Crippen LogP contribution in [0.5, 0.6) is 0 Å². The van der Waals surface area contributed by atoms with Gasteiger partial charge in [-0.05, 0) is 61.3 Å². The van der Waals surface area contributed by atoms with Gasteiger partial charge in [-0.25, -0.2) is 4.57 Å². The quantitative estimate of drug-likeness (QED) is 0.498. The summed E-state index contributed by atoms with van der Waals surface area (Å²) >= 11 is 0. The van der Waals surface area contributed by atoms with Gasteiger partial charge in [-0.3, -0.25) is 4.98 Å². The van der Waals surface area contributed by atoms with Crippen molar-refractivity contribution in [3.8, 4) is 22.4 Å². The van der Waals surface area contributed by atoms with Gasteiger partial charge in [0, 0.05) is 42.4 Å². The third-order valence-corrected chi connectivity index (χ3v) is 6.24. The van der Waals surface area contributed by atoms with Gasteiger partial charge in [0.2, 0.25) is 5.69 Å². The van der Waals surface area contributed by atoms with Crippen LogP contribution in [0.3, 0.4) is 0 Å². The molecule has 1 fully saturated rings. The van der Waals surface area contributed by atoms with E-state index in [2.05, 4.69) is 87.1 Å². The van der Waals surface area contributed by atoms with Crippen molar-refractivity contribution >= 4 is 0 Å². The normalized spacial score (nSPS) is 18.5. The van der Waals surface area contributed by atoms with Gasteiger partial charge < -0.3 is 0 Å². The van der Waals surface area contributed by atoms with E-state index in [0.29, 0.717) is 5.41 Å². The number of nitrogens with zero attached hydrogens (tertiary/aromatic N) is 2. The highest BCUT2D eigenvalue weighted by Crippen LogP contribution is 2.42. The first-order chi connectivity index (χ1) is 13.8. The molecule has 0 saturated heterocycles. The zero-order valence-electron chi connectivity index (χ0n) is 18.5. The molecule has 2 aromatic heterocycles. The Hall–Kier alpha value is -2.48. The van der Waals surface area contributed by atoms with Crippen LogP contribution < -0.4 is 4.57 Å². The molecule has 0 N–H and O–H groups in total. The fourth-order valence-corrected chi connectivity index (χ4v) is 4.14. The van der Waals surface area contributed by atoms with Crippen molar-refractivity contribution in [2.45, 2.75) is 52.3 Å². The Balaban J connectivity index is 1.63. The van der Waals surface area contributed by atoms with Crippen molar-refractivity contribution in [3.05, 3.63) is 72.2 Å². The zero-order chi connectivity index (χ0) is 20.6. The van der Waals surface area contributed by atoms with Crippen molar-refractivity contribution in [3.63, 3.8) is 0 Å². The van der Waals surface area contributed by atoms with E-state index in [9.17, 15) is 0 Å². The minimum Gasteiger partial charge on any atom is -0.260 e. The molecule has 2 nitrogen and oxygen atoms in total. The van der Waals surface area contributed by atoms with Crippen LogP contribution in [-0.2, 0) is 7.05 Å². The lowest BCUT2D eigenvalue weighted by Crippen LogP contribution is -2.30. The van der Waals surface area contributed by atoms with Crippen LogP contribution in [0.1, 0.15) is 58.1 Å². The maximum atomic E-state index is 8.95. The van der Waals surface area contributed by atoms with E-state index >= 15 is 0 Å². The summed E-state index contributed by atoms with van der Waals surface area (Å²) in [6, 6.07) is 17.1. The van der Waals surface area contributed by atoms with Crippen molar-refractivity contribution in [1.29, 1.82) is 0 Å². The lowest BCUT2D eigenvalue weighted by Gasteiger charge is -2.34. The minimum atomic E-state index is -0.538. The summed E-state index contributed by atoms with van der Waals surface area (Å²) in [5.74, 6) is -0.538. The number of benzene rings is 1. The van der Waals surface area contributed by atoms with E-state index in [-0.39, 0.29) is 0 Å². The topological polar surface area (TPSA) is 16.8 Å². The van der Waals surface area contributed by atoms with Crippen LogP contribution in [0.25, 0.3) is 22.4 Å². The number of aromatic nitrogens is 2. The molecule has 0 atom stereocenters. The van der Waals surface area contributed by atoms with Crippen LogP contribution in [0.4, 0.5) is 0 Å². The Morgan fingerprint density at radius 3 is 2.46 bits per heavy atom. The number of hydrogen-bond donors (Lipinski definition) is 0. The summed E-state index contributed by atoms with van der Waals surface area (Å²) in [6.45, 7) is 6.77. The SMILES string of the molecule is [2H]C1(c2ccc(-c3cc[n+](C)c(-c4ccccc4C)c3)cn2)CCC(C)(C)CC1. The van der Waals surface area contributed by atoms with Crippen LogP contribution in [0, 0.1) is 12.3 Å². The third-order valence-electron chi connectivity index (χ3n) is 6.24. The van der Waals surface area contributed by atoms with Crippen LogP contribution in [0.2, 0.25) is 0 Å². The van der Waals surface area contributed by atoms with Gasteiger partial charge in [-0.2, -0.15) is 0 Å². The second kappa shape index (κ2) is 7.50. The number of hydrogen-bond acceptors (Lipinski definition) is 1. The number of rotatable bonds is 3. The van der Waals surface area contributed by atoms with Crippen molar-refractivity contribution in [1.82, 2.24) is 4.98 Å². The van der Waals surface area contributed by atoms with Gasteiger partial charge in [0.05, 0.1) is 0 Å². The van der Waals surface area contributed by atoms with E-state index in [1.165, 1.54) is 16.8 Å². The number of pyridine rings is 2. The van der Waals surface area contributed by atoms with E-state index in [1.807, 2.05) is 6.20 Å². The van der Waals surface area contributed by atoms with Crippen LogP contribution in [-0.4, -0.2) is 4.98 Å². The summed E-state index contributed by atoms with van der Waals surface area (Å²) in [7, 11) is 2.08. The van der Waals surface area contributed by atoms with Gasteiger partial charge in [0.15, 0.2) is 6.20 Å². The van der Waals surface area contributed by atoms with E-state index < -0.39 is 5.89 Å². The Labute approximate surface area is 170 Å².